The summed E-state index contributed by atoms with van der Waals surface area (Å²) in [5.74, 6) is -0.739. The normalized spacial score (nSPS) is 14.6. The number of piperidine rings is 1. The van der Waals surface area contributed by atoms with E-state index in [9.17, 15) is 27.6 Å². The van der Waals surface area contributed by atoms with Crippen molar-refractivity contribution in [1.82, 2.24) is 15.5 Å². The molecule has 0 bridgehead atoms. The molecule has 1 saturated heterocycles. The molecule has 0 aromatic heterocycles. The van der Waals surface area contributed by atoms with Crippen LogP contribution >= 0.6 is 0 Å². The molecule has 3 amide bonds. The van der Waals surface area contributed by atoms with Crippen LogP contribution in [0.1, 0.15) is 29.5 Å². The lowest BCUT2D eigenvalue weighted by Gasteiger charge is -2.34. The van der Waals surface area contributed by atoms with Crippen LogP contribution < -0.4 is 20.1 Å². The molecular weight excluding hydrogens is 575 g/mol. The molecule has 1 fully saturated rings. The number of hydrogen-bond acceptors (Lipinski definition) is 5. The van der Waals surface area contributed by atoms with Crippen LogP contribution in [0.15, 0.2) is 84.9 Å². The second-order valence-electron chi connectivity index (χ2n) is 10.4. The highest BCUT2D eigenvalue weighted by molar-refractivity contribution is 5.95. The summed E-state index contributed by atoms with van der Waals surface area (Å²) in [6.45, 7) is 1.12. The van der Waals surface area contributed by atoms with Gasteiger partial charge in [-0.3, -0.25) is 14.4 Å². The highest BCUT2D eigenvalue weighted by Gasteiger charge is 2.32. The largest absolute Gasteiger partial charge is 0.573 e. The number of carbonyl (C=O) groups excluding carboxylic acids is 3. The summed E-state index contributed by atoms with van der Waals surface area (Å²) < 4.78 is 46.3. The van der Waals surface area contributed by atoms with Gasteiger partial charge in [-0.25, -0.2) is 0 Å². The van der Waals surface area contributed by atoms with E-state index in [1.807, 2.05) is 54.6 Å². The number of amides is 3. The average Bonchev–Trinajstić information content (AvgIpc) is 3.02. The Labute approximate surface area is 253 Å². The number of benzene rings is 3. The molecule has 3 aromatic rings. The monoisotopic (exact) mass is 609 g/mol. The summed E-state index contributed by atoms with van der Waals surface area (Å²) in [5.41, 5.74) is 2.26. The first kappa shape index (κ1) is 32.1. The minimum absolute atomic E-state index is 0.0720. The van der Waals surface area contributed by atoms with Crippen LogP contribution in [0.5, 0.6) is 11.5 Å². The number of methoxy groups -OCH3 is 1. The van der Waals surface area contributed by atoms with Gasteiger partial charge in [0.2, 0.25) is 17.7 Å². The van der Waals surface area contributed by atoms with Crippen molar-refractivity contribution in [3.8, 4) is 11.5 Å². The van der Waals surface area contributed by atoms with Gasteiger partial charge in [0, 0.05) is 38.0 Å². The number of likely N-dealkylation sites (tertiary alicyclic amines) is 1. The van der Waals surface area contributed by atoms with Crippen LogP contribution in [0.4, 0.5) is 13.2 Å². The molecule has 0 aliphatic carbocycles. The van der Waals surface area contributed by atoms with Gasteiger partial charge in [-0.2, -0.15) is 0 Å². The van der Waals surface area contributed by atoms with Crippen molar-refractivity contribution >= 4 is 23.8 Å². The Morgan fingerprint density at radius 1 is 0.932 bits per heavy atom. The molecule has 1 atom stereocenters. The second kappa shape index (κ2) is 15.1. The van der Waals surface area contributed by atoms with Crippen LogP contribution in [-0.2, 0) is 27.3 Å². The van der Waals surface area contributed by atoms with Crippen LogP contribution in [0.25, 0.3) is 6.08 Å². The Hall–Kier alpha value is -4.80. The molecule has 0 spiro atoms. The Kier molecular flexibility index (Phi) is 11.0. The number of rotatable bonds is 11. The first-order chi connectivity index (χ1) is 21.1. The average molecular weight is 610 g/mol. The molecular formula is C33H34F3N3O5. The third-order valence-corrected chi connectivity index (χ3v) is 7.22. The lowest BCUT2D eigenvalue weighted by Crippen LogP contribution is -2.52. The van der Waals surface area contributed by atoms with Crippen molar-refractivity contribution < 1.29 is 37.0 Å². The van der Waals surface area contributed by atoms with E-state index in [2.05, 4.69) is 15.4 Å². The number of nitrogens with one attached hydrogen (secondary N) is 2. The van der Waals surface area contributed by atoms with Gasteiger partial charge in [0.1, 0.15) is 17.5 Å². The molecule has 1 aliphatic heterocycles. The van der Waals surface area contributed by atoms with Gasteiger partial charge >= 0.3 is 6.36 Å². The van der Waals surface area contributed by atoms with Gasteiger partial charge in [0.15, 0.2) is 0 Å². The maximum Gasteiger partial charge on any atom is 0.573 e. The fourth-order valence-corrected chi connectivity index (χ4v) is 4.92. The quantitative estimate of drug-likeness (QED) is 0.302. The number of alkyl halides is 3. The maximum atomic E-state index is 13.6. The smallest absolute Gasteiger partial charge is 0.497 e. The van der Waals surface area contributed by atoms with E-state index in [1.165, 1.54) is 24.3 Å². The Balaban J connectivity index is 1.33. The Morgan fingerprint density at radius 3 is 2.27 bits per heavy atom. The summed E-state index contributed by atoms with van der Waals surface area (Å²) in [5, 5.41) is 5.74. The summed E-state index contributed by atoms with van der Waals surface area (Å²) in [6, 6.07) is 21.0. The van der Waals surface area contributed by atoms with Crippen LogP contribution in [-0.4, -0.2) is 55.2 Å². The van der Waals surface area contributed by atoms with Crippen molar-refractivity contribution in [3.05, 3.63) is 102 Å². The van der Waals surface area contributed by atoms with Crippen molar-refractivity contribution in [1.29, 1.82) is 0 Å². The summed E-state index contributed by atoms with van der Waals surface area (Å²) in [7, 11) is 1.59. The van der Waals surface area contributed by atoms with Gasteiger partial charge in [-0.1, -0.05) is 54.6 Å². The lowest BCUT2D eigenvalue weighted by atomic mass is 9.94. The van der Waals surface area contributed by atoms with Crippen molar-refractivity contribution in [3.63, 3.8) is 0 Å². The van der Waals surface area contributed by atoms with Crippen LogP contribution in [0.2, 0.25) is 0 Å². The number of hydrogen-bond donors (Lipinski definition) is 2. The zero-order valence-electron chi connectivity index (χ0n) is 24.2. The van der Waals surface area contributed by atoms with Crippen molar-refractivity contribution in [2.24, 2.45) is 5.92 Å². The number of halogens is 3. The second-order valence-corrected chi connectivity index (χ2v) is 10.4. The van der Waals surface area contributed by atoms with Crippen molar-refractivity contribution in [2.45, 2.75) is 38.2 Å². The standard InChI is InChI=1S/C33H34F3N3O5/c1-43-28-9-5-8-25(20-28)22-37-31(41)26-16-18-39(19-17-26)32(42)29(21-24-6-3-2-4-7-24)38-30(40)15-12-23-10-13-27(14-11-23)44-33(34,35)36/h2-15,20,26,29H,16-19,21-22H2,1H3,(H,37,41)(H,38,40)/b15-12+/t29-/m1/s1. The van der Waals surface area contributed by atoms with Crippen LogP contribution in [0.3, 0.4) is 0 Å². The van der Waals surface area contributed by atoms with E-state index in [0.717, 1.165) is 23.3 Å². The first-order valence-electron chi connectivity index (χ1n) is 14.2. The summed E-state index contributed by atoms with van der Waals surface area (Å²) >= 11 is 0. The zero-order valence-corrected chi connectivity index (χ0v) is 24.2. The molecule has 11 heteroatoms. The molecule has 0 saturated carbocycles. The zero-order chi connectivity index (χ0) is 31.5. The van der Waals surface area contributed by atoms with E-state index in [-0.39, 0.29) is 29.9 Å². The van der Waals surface area contributed by atoms with Crippen molar-refractivity contribution in [2.75, 3.05) is 20.2 Å². The van der Waals surface area contributed by atoms with Gasteiger partial charge in [-0.15, -0.1) is 13.2 Å². The molecule has 1 heterocycles. The van der Waals surface area contributed by atoms with Crippen LogP contribution in [0, 0.1) is 5.92 Å². The van der Waals surface area contributed by atoms with Gasteiger partial charge in [0.05, 0.1) is 7.11 Å². The highest BCUT2D eigenvalue weighted by Crippen LogP contribution is 2.23. The third kappa shape index (κ3) is 9.89. The first-order valence-corrected chi connectivity index (χ1v) is 14.2. The number of carbonyl (C=O) groups is 3. The molecule has 2 N–H and O–H groups in total. The minimum atomic E-state index is -4.79. The van der Waals surface area contributed by atoms with E-state index in [4.69, 9.17) is 4.74 Å². The topological polar surface area (TPSA) is 97.0 Å². The fraction of sp³-hybridized carbons (Fsp3) is 0.303. The minimum Gasteiger partial charge on any atom is -0.497 e. The summed E-state index contributed by atoms with van der Waals surface area (Å²) in [4.78, 5) is 40.9. The fourth-order valence-electron chi connectivity index (χ4n) is 4.92. The summed E-state index contributed by atoms with van der Waals surface area (Å²) in [6.07, 6.45) is -0.873. The molecule has 1 aliphatic rings. The van der Waals surface area contributed by atoms with E-state index < -0.39 is 18.3 Å². The number of ether oxygens (including phenoxy) is 2. The molecule has 0 radical (unpaired) electrons. The third-order valence-electron chi connectivity index (χ3n) is 7.22. The van der Waals surface area contributed by atoms with Gasteiger partial charge in [0.25, 0.3) is 0 Å². The molecule has 0 unspecified atom stereocenters. The SMILES string of the molecule is COc1cccc(CNC(=O)C2CCN(C(=O)[C@@H](Cc3ccccc3)NC(=O)/C=C/c3ccc(OC(F)(F)F)cc3)CC2)c1. The Morgan fingerprint density at radius 2 is 1.61 bits per heavy atom. The van der Waals surface area contributed by atoms with Gasteiger partial charge < -0.3 is 25.0 Å². The lowest BCUT2D eigenvalue weighted by molar-refractivity contribution is -0.274. The molecule has 44 heavy (non-hydrogen) atoms. The molecule has 232 valence electrons. The van der Waals surface area contributed by atoms with E-state index in [0.29, 0.717) is 43.8 Å². The molecule has 8 nitrogen and oxygen atoms in total. The Bertz CT molecular complexity index is 1440. The predicted molar refractivity (Wildman–Crippen MR) is 158 cm³/mol. The van der Waals surface area contributed by atoms with Gasteiger partial charge in [-0.05, 0) is 59.9 Å². The van der Waals surface area contributed by atoms with E-state index >= 15 is 0 Å². The van der Waals surface area contributed by atoms with E-state index in [1.54, 1.807) is 12.0 Å². The maximum absolute atomic E-state index is 13.6. The number of nitrogens with zero attached hydrogens (tertiary/aromatic N) is 1. The molecule has 4 rings (SSSR count). The highest BCUT2D eigenvalue weighted by atomic mass is 19.4. The molecule has 3 aromatic carbocycles. The predicted octanol–water partition coefficient (Wildman–Crippen LogP) is 4.89.